The van der Waals surface area contributed by atoms with Crippen LogP contribution in [0.25, 0.3) is 17.1 Å². The second-order valence-corrected chi connectivity index (χ2v) is 8.26. The topological polar surface area (TPSA) is 73.8 Å². The van der Waals surface area contributed by atoms with Crippen molar-refractivity contribution in [1.29, 1.82) is 0 Å². The predicted octanol–water partition coefficient (Wildman–Crippen LogP) is 6.81. The molecular weight excluding hydrogens is 477 g/mol. The number of nitro groups is 1. The van der Waals surface area contributed by atoms with E-state index >= 15 is 0 Å². The first-order valence-electron chi connectivity index (χ1n) is 9.48. The molecule has 0 aliphatic carbocycles. The standard InChI is InChI=1S/C22H14ClF3N4O2S/c23-16-5-3-4-15(12-16)20-27-28-21(33-13-14-8-10-17(11-9-14)30(31)32)29(20)19-7-2-1-6-18(19)22(24,25)26/h1-12H,13H2. The maximum absolute atomic E-state index is 13.8. The Kier molecular flexibility index (Phi) is 6.39. The second-order valence-electron chi connectivity index (χ2n) is 6.88. The molecule has 33 heavy (non-hydrogen) atoms. The highest BCUT2D eigenvalue weighted by molar-refractivity contribution is 7.98. The molecule has 0 aliphatic rings. The number of hydrogen-bond donors (Lipinski definition) is 0. The van der Waals surface area contributed by atoms with Gasteiger partial charge in [-0.3, -0.25) is 14.7 Å². The first kappa shape index (κ1) is 22.8. The van der Waals surface area contributed by atoms with Crippen molar-refractivity contribution in [2.75, 3.05) is 0 Å². The monoisotopic (exact) mass is 490 g/mol. The summed E-state index contributed by atoms with van der Waals surface area (Å²) in [5.41, 5.74) is 0.262. The number of aromatic nitrogens is 3. The molecular formula is C22H14ClF3N4O2S. The van der Waals surface area contributed by atoms with E-state index in [1.807, 2.05) is 0 Å². The molecule has 0 N–H and O–H groups in total. The summed E-state index contributed by atoms with van der Waals surface area (Å²) >= 11 is 7.26. The average molecular weight is 491 g/mol. The molecule has 0 saturated heterocycles. The molecule has 0 fully saturated rings. The molecule has 0 saturated carbocycles. The van der Waals surface area contributed by atoms with E-state index in [1.165, 1.54) is 46.7 Å². The summed E-state index contributed by atoms with van der Waals surface area (Å²) in [5, 5.41) is 19.8. The van der Waals surface area contributed by atoms with Crippen LogP contribution in [0.2, 0.25) is 5.02 Å². The number of nitro benzene ring substituents is 1. The molecule has 1 aromatic heterocycles. The van der Waals surface area contributed by atoms with Crippen LogP contribution < -0.4 is 0 Å². The lowest BCUT2D eigenvalue weighted by molar-refractivity contribution is -0.384. The Labute approximate surface area is 195 Å². The van der Waals surface area contributed by atoms with Crippen LogP contribution >= 0.6 is 23.4 Å². The van der Waals surface area contributed by atoms with Gasteiger partial charge in [0.05, 0.1) is 16.2 Å². The summed E-state index contributed by atoms with van der Waals surface area (Å²) in [5.74, 6) is 0.528. The van der Waals surface area contributed by atoms with Crippen molar-refractivity contribution in [3.8, 4) is 17.1 Å². The van der Waals surface area contributed by atoms with Crippen LogP contribution in [0.1, 0.15) is 11.1 Å². The van der Waals surface area contributed by atoms with Gasteiger partial charge in [-0.25, -0.2) is 0 Å². The van der Waals surface area contributed by atoms with E-state index in [9.17, 15) is 23.3 Å². The number of para-hydroxylation sites is 1. The van der Waals surface area contributed by atoms with Crippen LogP contribution in [0.3, 0.4) is 0 Å². The highest BCUT2D eigenvalue weighted by Crippen LogP contribution is 2.38. The first-order chi connectivity index (χ1) is 15.7. The summed E-state index contributed by atoms with van der Waals surface area (Å²) in [6.45, 7) is 0. The largest absolute Gasteiger partial charge is 0.418 e. The Morgan fingerprint density at radius 1 is 1.00 bits per heavy atom. The Morgan fingerprint density at radius 3 is 2.39 bits per heavy atom. The zero-order valence-electron chi connectivity index (χ0n) is 16.7. The Bertz CT molecular complexity index is 1310. The number of halogens is 4. The normalized spacial score (nSPS) is 11.5. The average Bonchev–Trinajstić information content (AvgIpc) is 3.21. The molecule has 0 amide bonds. The molecule has 4 rings (SSSR count). The van der Waals surface area contributed by atoms with E-state index < -0.39 is 16.7 Å². The van der Waals surface area contributed by atoms with Crippen LogP contribution in [0.15, 0.2) is 78.0 Å². The summed E-state index contributed by atoms with van der Waals surface area (Å²) in [6, 6.07) is 17.7. The third-order valence-corrected chi connectivity index (χ3v) is 5.92. The van der Waals surface area contributed by atoms with E-state index in [2.05, 4.69) is 10.2 Å². The van der Waals surface area contributed by atoms with Gasteiger partial charge in [0.15, 0.2) is 11.0 Å². The van der Waals surface area contributed by atoms with Gasteiger partial charge in [0.1, 0.15) is 0 Å². The van der Waals surface area contributed by atoms with Crippen LogP contribution in [-0.2, 0) is 11.9 Å². The smallest absolute Gasteiger partial charge is 0.269 e. The second kappa shape index (κ2) is 9.24. The number of thioether (sulfide) groups is 1. The van der Waals surface area contributed by atoms with E-state index in [-0.39, 0.29) is 22.4 Å². The van der Waals surface area contributed by atoms with Crippen molar-refractivity contribution >= 4 is 29.1 Å². The van der Waals surface area contributed by atoms with Crippen LogP contribution in [0.4, 0.5) is 18.9 Å². The van der Waals surface area contributed by atoms with Crippen LogP contribution in [0.5, 0.6) is 0 Å². The van der Waals surface area contributed by atoms with Gasteiger partial charge >= 0.3 is 6.18 Å². The molecule has 0 spiro atoms. The number of rotatable bonds is 6. The third-order valence-electron chi connectivity index (χ3n) is 4.68. The lowest BCUT2D eigenvalue weighted by Gasteiger charge is -2.16. The van der Waals surface area contributed by atoms with Crippen molar-refractivity contribution < 1.29 is 18.1 Å². The molecule has 11 heteroatoms. The molecule has 4 aromatic rings. The van der Waals surface area contributed by atoms with Gasteiger partial charge in [-0.15, -0.1) is 10.2 Å². The molecule has 0 unspecified atom stereocenters. The van der Waals surface area contributed by atoms with Gasteiger partial charge in [-0.2, -0.15) is 13.2 Å². The van der Waals surface area contributed by atoms with Crippen molar-refractivity contribution in [3.05, 3.63) is 99.1 Å². The summed E-state index contributed by atoms with van der Waals surface area (Å²) in [7, 11) is 0. The molecule has 0 atom stereocenters. The van der Waals surface area contributed by atoms with Crippen LogP contribution in [-0.4, -0.2) is 19.7 Å². The molecule has 6 nitrogen and oxygen atoms in total. The maximum Gasteiger partial charge on any atom is 0.418 e. The van der Waals surface area contributed by atoms with Crippen molar-refractivity contribution in [2.45, 2.75) is 17.1 Å². The molecule has 0 radical (unpaired) electrons. The lowest BCUT2D eigenvalue weighted by Crippen LogP contribution is -2.12. The van der Waals surface area contributed by atoms with Gasteiger partial charge in [0.25, 0.3) is 5.69 Å². The minimum atomic E-state index is -4.59. The van der Waals surface area contributed by atoms with E-state index in [1.54, 1.807) is 36.4 Å². The fourth-order valence-electron chi connectivity index (χ4n) is 3.17. The van der Waals surface area contributed by atoms with Crippen molar-refractivity contribution in [1.82, 2.24) is 14.8 Å². The highest BCUT2D eigenvalue weighted by Gasteiger charge is 2.35. The minimum absolute atomic E-state index is 0.0470. The highest BCUT2D eigenvalue weighted by atomic mass is 35.5. The van der Waals surface area contributed by atoms with Crippen molar-refractivity contribution in [2.24, 2.45) is 0 Å². The first-order valence-corrected chi connectivity index (χ1v) is 10.8. The number of alkyl halides is 3. The number of benzene rings is 3. The van der Waals surface area contributed by atoms with E-state index in [0.717, 1.165) is 11.6 Å². The number of non-ortho nitro benzene ring substituents is 1. The van der Waals surface area contributed by atoms with Gasteiger partial charge in [0, 0.05) is 28.5 Å². The maximum atomic E-state index is 13.8. The minimum Gasteiger partial charge on any atom is -0.269 e. The molecule has 168 valence electrons. The summed E-state index contributed by atoms with van der Waals surface area (Å²) in [6.07, 6.45) is -4.59. The molecule has 1 heterocycles. The van der Waals surface area contributed by atoms with Crippen LogP contribution in [0, 0.1) is 10.1 Å². The van der Waals surface area contributed by atoms with E-state index in [4.69, 9.17) is 11.6 Å². The fraction of sp³-hybridized carbons (Fsp3) is 0.0909. The van der Waals surface area contributed by atoms with E-state index in [0.29, 0.717) is 16.3 Å². The van der Waals surface area contributed by atoms with Gasteiger partial charge in [-0.1, -0.05) is 59.8 Å². The predicted molar refractivity (Wildman–Crippen MR) is 119 cm³/mol. The quantitative estimate of drug-likeness (QED) is 0.169. The SMILES string of the molecule is O=[N+]([O-])c1ccc(CSc2nnc(-c3cccc(Cl)c3)n2-c2ccccc2C(F)(F)F)cc1. The lowest BCUT2D eigenvalue weighted by atomic mass is 10.1. The zero-order valence-corrected chi connectivity index (χ0v) is 18.2. The Hall–Kier alpha value is -3.37. The zero-order chi connectivity index (χ0) is 23.6. The Morgan fingerprint density at radius 2 is 1.73 bits per heavy atom. The van der Waals surface area contributed by atoms with Gasteiger partial charge in [-0.05, 0) is 29.8 Å². The molecule has 3 aromatic carbocycles. The number of hydrogen-bond acceptors (Lipinski definition) is 5. The van der Waals surface area contributed by atoms with Gasteiger partial charge in [0.2, 0.25) is 0 Å². The summed E-state index contributed by atoms with van der Waals surface area (Å²) in [4.78, 5) is 10.3. The number of nitrogens with zero attached hydrogens (tertiary/aromatic N) is 4. The molecule has 0 aliphatic heterocycles. The fourth-order valence-corrected chi connectivity index (χ4v) is 4.26. The summed E-state index contributed by atoms with van der Waals surface area (Å²) < 4.78 is 42.7. The van der Waals surface area contributed by atoms with Gasteiger partial charge < -0.3 is 0 Å². The Balaban J connectivity index is 1.78. The molecule has 0 bridgehead atoms. The third kappa shape index (κ3) is 5.01. The van der Waals surface area contributed by atoms with Crippen molar-refractivity contribution in [3.63, 3.8) is 0 Å².